The lowest BCUT2D eigenvalue weighted by Gasteiger charge is -2.17. The predicted octanol–water partition coefficient (Wildman–Crippen LogP) is 0.209. The molecule has 0 aliphatic carbocycles. The summed E-state index contributed by atoms with van der Waals surface area (Å²) in [5.41, 5.74) is 6.35. The number of carbonyl (C=O) groups is 3. The van der Waals surface area contributed by atoms with Gasteiger partial charge in [-0.05, 0) is 12.0 Å². The van der Waals surface area contributed by atoms with Gasteiger partial charge in [-0.2, -0.15) is 0 Å². The van der Waals surface area contributed by atoms with Crippen LogP contribution in [0.25, 0.3) is 0 Å². The average Bonchev–Trinajstić information content (AvgIpc) is 2.50. The fraction of sp³-hybridized carbons (Fsp3) is 0.357. The van der Waals surface area contributed by atoms with Crippen LogP contribution in [0.5, 0.6) is 0 Å². The van der Waals surface area contributed by atoms with Crippen molar-refractivity contribution >= 4 is 17.8 Å². The molecule has 1 rings (SSSR count). The Morgan fingerprint density at radius 2 is 1.90 bits per heavy atom. The van der Waals surface area contributed by atoms with Crippen molar-refractivity contribution in [2.45, 2.75) is 24.9 Å². The lowest BCUT2D eigenvalue weighted by Crippen LogP contribution is -2.45. The molecule has 2 atom stereocenters. The maximum Gasteiger partial charge on any atom is 0.326 e. The Balaban J connectivity index is 2.64. The van der Waals surface area contributed by atoms with E-state index < -0.39 is 29.9 Å². The minimum absolute atomic E-state index is 0.0603. The summed E-state index contributed by atoms with van der Waals surface area (Å²) in [7, 11) is 1.21. The molecule has 4 N–H and O–H groups in total. The van der Waals surface area contributed by atoms with E-state index in [-0.39, 0.29) is 12.8 Å². The summed E-state index contributed by atoms with van der Waals surface area (Å²) in [5, 5.41) is 11.4. The first kappa shape index (κ1) is 16.6. The number of carbonyl (C=O) groups excluding carboxylic acids is 2. The highest BCUT2D eigenvalue weighted by atomic mass is 16.5. The molecule has 0 bridgehead atoms. The zero-order valence-corrected chi connectivity index (χ0v) is 11.6. The highest BCUT2D eigenvalue weighted by Crippen LogP contribution is 2.10. The molecule has 1 aromatic carbocycles. The van der Waals surface area contributed by atoms with Gasteiger partial charge in [0.2, 0.25) is 5.91 Å². The van der Waals surface area contributed by atoms with E-state index in [0.717, 1.165) is 0 Å². The molecule has 0 aromatic heterocycles. The van der Waals surface area contributed by atoms with Crippen LogP contribution in [-0.2, 0) is 19.1 Å². The molecule has 0 saturated heterocycles. The van der Waals surface area contributed by atoms with Crippen LogP contribution < -0.4 is 11.1 Å². The van der Waals surface area contributed by atoms with Gasteiger partial charge in [0, 0.05) is 6.42 Å². The van der Waals surface area contributed by atoms with Crippen molar-refractivity contribution in [2.24, 2.45) is 5.73 Å². The van der Waals surface area contributed by atoms with Crippen LogP contribution in [-0.4, -0.2) is 36.1 Å². The van der Waals surface area contributed by atoms with E-state index in [9.17, 15) is 14.4 Å². The summed E-state index contributed by atoms with van der Waals surface area (Å²) in [6, 6.07) is 6.44. The standard InChI is InChI=1S/C14H18N2O5/c1-21-11(17)8-7-10(14(19)20)16-13(18)12(15)9-5-3-2-4-6-9/h2-6,10,12H,7-8,15H2,1H3,(H,16,18)(H,19,20)/t10-,12-/m1/s1. The first-order valence-electron chi connectivity index (χ1n) is 6.36. The number of hydrogen-bond donors (Lipinski definition) is 3. The van der Waals surface area contributed by atoms with Gasteiger partial charge in [0.1, 0.15) is 12.1 Å². The number of nitrogens with one attached hydrogen (secondary N) is 1. The first-order chi connectivity index (χ1) is 9.95. The van der Waals surface area contributed by atoms with E-state index >= 15 is 0 Å². The lowest BCUT2D eigenvalue weighted by atomic mass is 10.1. The number of methoxy groups -OCH3 is 1. The summed E-state index contributed by atoms with van der Waals surface area (Å²) in [6.45, 7) is 0. The second-order valence-corrected chi connectivity index (χ2v) is 4.40. The zero-order valence-electron chi connectivity index (χ0n) is 11.6. The van der Waals surface area contributed by atoms with Gasteiger partial charge < -0.3 is 20.9 Å². The molecule has 0 radical (unpaired) electrons. The number of aliphatic carboxylic acids is 1. The third-order valence-electron chi connectivity index (χ3n) is 2.92. The van der Waals surface area contributed by atoms with Crippen molar-refractivity contribution in [2.75, 3.05) is 7.11 Å². The number of hydrogen-bond acceptors (Lipinski definition) is 5. The van der Waals surface area contributed by atoms with Crippen molar-refractivity contribution < 1.29 is 24.2 Å². The molecule has 0 saturated carbocycles. The molecule has 0 aliphatic heterocycles. The van der Waals surface area contributed by atoms with Gasteiger partial charge >= 0.3 is 11.9 Å². The smallest absolute Gasteiger partial charge is 0.326 e. The molecule has 0 spiro atoms. The van der Waals surface area contributed by atoms with E-state index in [2.05, 4.69) is 10.1 Å². The number of ether oxygens (including phenoxy) is 1. The fourth-order valence-electron chi connectivity index (χ4n) is 1.69. The summed E-state index contributed by atoms with van der Waals surface area (Å²) in [6.07, 6.45) is -0.163. The van der Waals surface area contributed by atoms with Crippen molar-refractivity contribution in [3.63, 3.8) is 0 Å². The molecule has 1 aromatic rings. The number of nitrogens with two attached hydrogens (primary N) is 1. The van der Waals surface area contributed by atoms with Crippen LogP contribution in [0.2, 0.25) is 0 Å². The Hall–Kier alpha value is -2.41. The number of amides is 1. The third kappa shape index (κ3) is 5.23. The molecule has 0 fully saturated rings. The second-order valence-electron chi connectivity index (χ2n) is 4.40. The predicted molar refractivity (Wildman–Crippen MR) is 74.2 cm³/mol. The summed E-state index contributed by atoms with van der Waals surface area (Å²) in [4.78, 5) is 34.1. The highest BCUT2D eigenvalue weighted by Gasteiger charge is 2.24. The van der Waals surface area contributed by atoms with Gasteiger partial charge in [-0.1, -0.05) is 30.3 Å². The van der Waals surface area contributed by atoms with Gasteiger partial charge in [-0.15, -0.1) is 0 Å². The van der Waals surface area contributed by atoms with E-state index in [4.69, 9.17) is 10.8 Å². The Kier molecular flexibility index (Phi) is 6.35. The summed E-state index contributed by atoms with van der Waals surface area (Å²) < 4.78 is 4.43. The maximum absolute atomic E-state index is 12.0. The van der Waals surface area contributed by atoms with Gasteiger partial charge in [0.25, 0.3) is 0 Å². The molecular formula is C14H18N2O5. The molecule has 21 heavy (non-hydrogen) atoms. The quantitative estimate of drug-likeness (QED) is 0.618. The molecule has 0 heterocycles. The van der Waals surface area contributed by atoms with E-state index in [0.29, 0.717) is 5.56 Å². The van der Waals surface area contributed by atoms with E-state index in [1.165, 1.54) is 7.11 Å². The number of carboxylic acid groups (broad SMARTS) is 1. The lowest BCUT2D eigenvalue weighted by molar-refractivity contribution is -0.144. The van der Waals surface area contributed by atoms with Gasteiger partial charge in [-0.25, -0.2) is 4.79 Å². The fourth-order valence-corrected chi connectivity index (χ4v) is 1.69. The SMILES string of the molecule is COC(=O)CC[C@@H](NC(=O)[C@H](N)c1ccccc1)C(=O)O. The Morgan fingerprint density at radius 3 is 2.43 bits per heavy atom. The van der Waals surface area contributed by atoms with Crippen molar-refractivity contribution in [1.82, 2.24) is 5.32 Å². The molecule has 114 valence electrons. The Morgan fingerprint density at radius 1 is 1.29 bits per heavy atom. The maximum atomic E-state index is 12.0. The summed E-state index contributed by atoms with van der Waals surface area (Å²) >= 11 is 0. The first-order valence-corrected chi connectivity index (χ1v) is 6.36. The molecule has 1 amide bonds. The van der Waals surface area contributed by atoms with Crippen LogP contribution in [0.3, 0.4) is 0 Å². The van der Waals surface area contributed by atoms with Crippen molar-refractivity contribution in [3.05, 3.63) is 35.9 Å². The van der Waals surface area contributed by atoms with Crippen LogP contribution in [0, 0.1) is 0 Å². The van der Waals surface area contributed by atoms with Crippen LogP contribution >= 0.6 is 0 Å². The van der Waals surface area contributed by atoms with Gasteiger partial charge in [0.05, 0.1) is 7.11 Å². The number of rotatable bonds is 7. The molecule has 0 aliphatic rings. The average molecular weight is 294 g/mol. The number of esters is 1. The Bertz CT molecular complexity index is 503. The van der Waals surface area contributed by atoms with E-state index in [1.807, 2.05) is 0 Å². The summed E-state index contributed by atoms with van der Waals surface area (Å²) in [5.74, 6) is -2.38. The van der Waals surface area contributed by atoms with Gasteiger partial charge in [0.15, 0.2) is 0 Å². The largest absolute Gasteiger partial charge is 0.480 e. The normalized spacial score (nSPS) is 13.0. The Labute approximate surface area is 122 Å². The van der Waals surface area contributed by atoms with Crippen LogP contribution in [0.1, 0.15) is 24.4 Å². The van der Waals surface area contributed by atoms with Gasteiger partial charge in [-0.3, -0.25) is 9.59 Å². The highest BCUT2D eigenvalue weighted by molar-refractivity contribution is 5.87. The zero-order chi connectivity index (χ0) is 15.8. The molecule has 7 heteroatoms. The molecule has 0 unspecified atom stereocenters. The molecule has 7 nitrogen and oxygen atoms in total. The minimum Gasteiger partial charge on any atom is -0.480 e. The van der Waals surface area contributed by atoms with E-state index in [1.54, 1.807) is 30.3 Å². The number of benzene rings is 1. The van der Waals surface area contributed by atoms with Crippen LogP contribution in [0.4, 0.5) is 0 Å². The monoisotopic (exact) mass is 294 g/mol. The van der Waals surface area contributed by atoms with Crippen molar-refractivity contribution in [3.8, 4) is 0 Å². The topological polar surface area (TPSA) is 119 Å². The molecular weight excluding hydrogens is 276 g/mol. The second kappa shape index (κ2) is 8.01. The third-order valence-corrected chi connectivity index (χ3v) is 2.92. The van der Waals surface area contributed by atoms with Crippen LogP contribution in [0.15, 0.2) is 30.3 Å². The number of carboxylic acids is 1. The van der Waals surface area contributed by atoms with Crippen molar-refractivity contribution in [1.29, 1.82) is 0 Å². The minimum atomic E-state index is -1.23.